The second-order valence-corrected chi connectivity index (χ2v) is 9.84. The van der Waals surface area contributed by atoms with E-state index in [1.807, 2.05) is 12.1 Å². The maximum Gasteiger partial charge on any atom is 0.269 e. The number of halogens is 3. The van der Waals surface area contributed by atoms with E-state index >= 15 is 0 Å². The number of aromatic nitrogens is 2. The van der Waals surface area contributed by atoms with Crippen LogP contribution in [-0.4, -0.2) is 24.4 Å². The highest BCUT2D eigenvalue weighted by molar-refractivity contribution is 7.90. The second kappa shape index (κ2) is 8.68. The Hall–Kier alpha value is -2.29. The van der Waals surface area contributed by atoms with Gasteiger partial charge in [0.1, 0.15) is 4.90 Å². The molecular formula is C21H17Cl3N4O2S. The molecule has 0 aliphatic heterocycles. The van der Waals surface area contributed by atoms with Crippen LogP contribution >= 0.6 is 34.8 Å². The molecule has 2 aromatic heterocycles. The fourth-order valence-electron chi connectivity index (χ4n) is 3.29. The Morgan fingerprint density at radius 1 is 1.06 bits per heavy atom. The molecule has 160 valence electrons. The van der Waals surface area contributed by atoms with Crippen molar-refractivity contribution in [2.24, 2.45) is 0 Å². The van der Waals surface area contributed by atoms with Crippen molar-refractivity contribution in [1.82, 2.24) is 14.3 Å². The third kappa shape index (κ3) is 4.24. The highest BCUT2D eigenvalue weighted by Gasteiger charge is 2.22. The number of nitrogens with one attached hydrogen (secondary N) is 2. The third-order valence-electron chi connectivity index (χ3n) is 4.69. The highest BCUT2D eigenvalue weighted by Crippen LogP contribution is 2.37. The Kier molecular flexibility index (Phi) is 6.14. The average Bonchev–Trinajstić information content (AvgIpc) is 3.10. The SMILES string of the molecule is CNCc1cn(S(=O)(=O)c2cccnc2)c2cc(Nc3c(Cl)cc(Cl)cc3Cl)ccc12. The first-order valence-corrected chi connectivity index (χ1v) is 11.7. The van der Waals surface area contributed by atoms with Crippen LogP contribution < -0.4 is 10.6 Å². The molecule has 0 bridgehead atoms. The molecule has 2 heterocycles. The third-order valence-corrected chi connectivity index (χ3v) is 7.16. The number of fused-ring (bicyclic) bond motifs is 1. The smallest absolute Gasteiger partial charge is 0.269 e. The van der Waals surface area contributed by atoms with Gasteiger partial charge in [-0.3, -0.25) is 4.98 Å². The predicted octanol–water partition coefficient (Wildman–Crippen LogP) is 5.70. The molecule has 6 nitrogen and oxygen atoms in total. The second-order valence-electron chi connectivity index (χ2n) is 6.78. The number of nitrogens with zero attached hydrogens (tertiary/aromatic N) is 2. The van der Waals surface area contributed by atoms with Crippen LogP contribution in [0, 0.1) is 0 Å². The van der Waals surface area contributed by atoms with E-state index in [-0.39, 0.29) is 4.90 Å². The quantitative estimate of drug-likeness (QED) is 0.359. The first-order chi connectivity index (χ1) is 14.8. The van der Waals surface area contributed by atoms with Gasteiger partial charge in [0.05, 0.1) is 21.2 Å². The molecule has 0 saturated heterocycles. The largest absolute Gasteiger partial charge is 0.353 e. The zero-order valence-electron chi connectivity index (χ0n) is 16.2. The summed E-state index contributed by atoms with van der Waals surface area (Å²) >= 11 is 18.6. The lowest BCUT2D eigenvalue weighted by Crippen LogP contribution is -2.12. The molecule has 2 N–H and O–H groups in total. The van der Waals surface area contributed by atoms with Gasteiger partial charge >= 0.3 is 0 Å². The van der Waals surface area contributed by atoms with Crippen LogP contribution in [-0.2, 0) is 16.6 Å². The summed E-state index contributed by atoms with van der Waals surface area (Å²) in [7, 11) is -2.04. The van der Waals surface area contributed by atoms with Crippen molar-refractivity contribution in [3.63, 3.8) is 0 Å². The number of hydrogen-bond acceptors (Lipinski definition) is 5. The van der Waals surface area contributed by atoms with E-state index in [9.17, 15) is 8.42 Å². The minimum atomic E-state index is -3.85. The highest BCUT2D eigenvalue weighted by atomic mass is 35.5. The maximum atomic E-state index is 13.3. The molecule has 0 spiro atoms. The molecule has 0 aliphatic rings. The molecular weight excluding hydrogens is 479 g/mol. The van der Waals surface area contributed by atoms with Gasteiger partial charge in [-0.25, -0.2) is 12.4 Å². The topological polar surface area (TPSA) is 76.0 Å². The molecule has 0 saturated carbocycles. The molecule has 0 unspecified atom stereocenters. The van der Waals surface area contributed by atoms with Gasteiger partial charge in [0, 0.05) is 41.2 Å². The fourth-order valence-corrected chi connectivity index (χ4v) is 5.55. The maximum absolute atomic E-state index is 13.3. The van der Waals surface area contributed by atoms with Gasteiger partial charge in [-0.2, -0.15) is 0 Å². The lowest BCUT2D eigenvalue weighted by atomic mass is 10.1. The van der Waals surface area contributed by atoms with Crippen LogP contribution in [0.5, 0.6) is 0 Å². The Morgan fingerprint density at radius 3 is 2.45 bits per heavy atom. The van der Waals surface area contributed by atoms with Gasteiger partial charge in [0.2, 0.25) is 0 Å². The van der Waals surface area contributed by atoms with Crippen LogP contribution in [0.4, 0.5) is 11.4 Å². The lowest BCUT2D eigenvalue weighted by molar-refractivity contribution is 0.588. The molecule has 0 amide bonds. The molecule has 10 heteroatoms. The summed E-state index contributed by atoms with van der Waals surface area (Å²) in [5.74, 6) is 0. The number of pyridine rings is 1. The molecule has 4 rings (SSSR count). The van der Waals surface area contributed by atoms with E-state index < -0.39 is 10.0 Å². The van der Waals surface area contributed by atoms with Crippen LogP contribution in [0.2, 0.25) is 15.1 Å². The van der Waals surface area contributed by atoms with Crippen molar-refractivity contribution in [3.8, 4) is 0 Å². The summed E-state index contributed by atoms with van der Waals surface area (Å²) in [6.45, 7) is 0.508. The summed E-state index contributed by atoms with van der Waals surface area (Å²) < 4.78 is 27.9. The minimum absolute atomic E-state index is 0.102. The Balaban J connectivity index is 1.86. The predicted molar refractivity (Wildman–Crippen MR) is 126 cm³/mol. The summed E-state index contributed by atoms with van der Waals surface area (Å²) in [5.41, 5.74) is 2.46. The van der Waals surface area contributed by atoms with Crippen molar-refractivity contribution in [1.29, 1.82) is 0 Å². The summed E-state index contributed by atoms with van der Waals surface area (Å²) in [6, 6.07) is 11.7. The van der Waals surface area contributed by atoms with Crippen LogP contribution in [0.1, 0.15) is 5.56 Å². The first-order valence-electron chi connectivity index (χ1n) is 9.17. The van der Waals surface area contributed by atoms with Crippen LogP contribution in [0.25, 0.3) is 10.9 Å². The zero-order chi connectivity index (χ0) is 22.2. The van der Waals surface area contributed by atoms with Gasteiger partial charge in [0.15, 0.2) is 0 Å². The van der Waals surface area contributed by atoms with Gasteiger partial charge in [-0.15, -0.1) is 0 Å². The zero-order valence-corrected chi connectivity index (χ0v) is 19.3. The summed E-state index contributed by atoms with van der Waals surface area (Å²) in [5, 5.41) is 8.17. The van der Waals surface area contributed by atoms with E-state index in [1.165, 1.54) is 22.4 Å². The molecule has 2 aromatic carbocycles. The van der Waals surface area contributed by atoms with E-state index in [0.717, 1.165) is 10.9 Å². The van der Waals surface area contributed by atoms with E-state index in [0.29, 0.717) is 38.5 Å². The van der Waals surface area contributed by atoms with Gasteiger partial charge in [-0.1, -0.05) is 40.9 Å². The molecule has 0 atom stereocenters. The van der Waals surface area contributed by atoms with Crippen molar-refractivity contribution < 1.29 is 8.42 Å². The number of benzene rings is 2. The Labute approximate surface area is 194 Å². The van der Waals surface area contributed by atoms with Gasteiger partial charge < -0.3 is 10.6 Å². The normalized spacial score (nSPS) is 11.7. The van der Waals surface area contributed by atoms with Gasteiger partial charge in [0.25, 0.3) is 10.0 Å². The summed E-state index contributed by atoms with van der Waals surface area (Å²) in [4.78, 5) is 4.04. The van der Waals surface area contributed by atoms with Crippen molar-refractivity contribution >= 4 is 67.1 Å². The molecule has 0 aliphatic carbocycles. The lowest BCUT2D eigenvalue weighted by Gasteiger charge is -2.12. The van der Waals surface area contributed by atoms with E-state index in [4.69, 9.17) is 34.8 Å². The standard InChI is InChI=1S/C21H17Cl3N4O2S/c1-25-10-13-12-28(31(29,30)16-3-2-6-26-11-16)20-9-15(4-5-17(13)20)27-21-18(23)7-14(22)8-19(21)24/h2-9,11-12,25,27H,10H2,1H3. The molecule has 31 heavy (non-hydrogen) atoms. The summed E-state index contributed by atoms with van der Waals surface area (Å²) in [6.07, 6.45) is 4.48. The van der Waals surface area contributed by atoms with Crippen molar-refractivity contribution in [2.75, 3.05) is 12.4 Å². The fraction of sp³-hybridized carbons (Fsp3) is 0.0952. The molecule has 0 radical (unpaired) electrons. The first kappa shape index (κ1) is 21.9. The van der Waals surface area contributed by atoms with Crippen LogP contribution in [0.15, 0.2) is 66.0 Å². The number of hydrogen-bond donors (Lipinski definition) is 2. The monoisotopic (exact) mass is 494 g/mol. The van der Waals surface area contributed by atoms with Crippen molar-refractivity contribution in [3.05, 3.63) is 81.7 Å². The average molecular weight is 496 g/mol. The minimum Gasteiger partial charge on any atom is -0.353 e. The molecule has 4 aromatic rings. The van der Waals surface area contributed by atoms with Crippen molar-refractivity contribution in [2.45, 2.75) is 11.4 Å². The number of rotatable bonds is 6. The molecule has 0 fully saturated rings. The van der Waals surface area contributed by atoms with Crippen LogP contribution in [0.3, 0.4) is 0 Å². The van der Waals surface area contributed by atoms with E-state index in [2.05, 4.69) is 15.6 Å². The Bertz CT molecular complexity index is 1350. The van der Waals surface area contributed by atoms with Gasteiger partial charge in [-0.05, 0) is 49.0 Å². The van der Waals surface area contributed by atoms with E-state index in [1.54, 1.807) is 37.5 Å². The Morgan fingerprint density at radius 2 is 1.81 bits per heavy atom. The number of anilines is 2.